The minimum Gasteiger partial charge on any atom is -0.444 e. The van der Waals surface area contributed by atoms with E-state index in [0.29, 0.717) is 10.6 Å². The van der Waals surface area contributed by atoms with Crippen LogP contribution in [0.15, 0.2) is 30.3 Å². The fourth-order valence-electron chi connectivity index (χ4n) is 3.84. The molecule has 3 rings (SSSR count). The normalized spacial score (nSPS) is 21.8. The Balaban J connectivity index is 1.90. The fraction of sp³-hybridized carbons (Fsp3) is 0.609. The molecule has 1 aromatic rings. The zero-order chi connectivity index (χ0) is 25.5. The molecule has 11 heteroatoms. The van der Waals surface area contributed by atoms with Crippen molar-refractivity contribution in [2.45, 2.75) is 77.4 Å². The molecule has 2 aliphatic rings. The number of halogens is 2. The first-order valence-corrected chi connectivity index (χ1v) is 11.0. The number of fused-ring (bicyclic) bond motifs is 1. The molecule has 1 aromatic carbocycles. The maximum Gasteiger partial charge on any atom is 0.429 e. The van der Waals surface area contributed by atoms with Crippen molar-refractivity contribution < 1.29 is 37.4 Å². The Kier molecular flexibility index (Phi) is 6.69. The van der Waals surface area contributed by atoms with Gasteiger partial charge in [-0.2, -0.15) is 0 Å². The van der Waals surface area contributed by atoms with Gasteiger partial charge >= 0.3 is 18.3 Å². The number of carbonyl (C=O) groups excluding carboxylic acids is 3. The van der Waals surface area contributed by atoms with Crippen molar-refractivity contribution in [3.05, 3.63) is 35.9 Å². The monoisotopic (exact) mass is 483 g/mol. The molecule has 0 N–H and O–H groups in total. The molecule has 0 aromatic heterocycles. The average molecular weight is 484 g/mol. The number of likely N-dealkylation sites (tertiary alicyclic amines) is 1. The fourth-order valence-corrected chi connectivity index (χ4v) is 3.84. The summed E-state index contributed by atoms with van der Waals surface area (Å²) in [5.41, 5.74) is -1.21. The van der Waals surface area contributed by atoms with E-state index in [1.807, 2.05) is 0 Å². The van der Waals surface area contributed by atoms with Crippen LogP contribution in [0.2, 0.25) is 0 Å². The Morgan fingerprint density at radius 2 is 1.50 bits per heavy atom. The lowest BCUT2D eigenvalue weighted by Gasteiger charge is -2.33. The molecular formula is C23H31F2N3O6. The van der Waals surface area contributed by atoms with Gasteiger partial charge in [0, 0.05) is 0 Å². The van der Waals surface area contributed by atoms with Crippen LogP contribution in [0.1, 0.15) is 47.1 Å². The van der Waals surface area contributed by atoms with Crippen LogP contribution in [-0.2, 0) is 20.8 Å². The van der Waals surface area contributed by atoms with Gasteiger partial charge in [-0.1, -0.05) is 30.3 Å². The summed E-state index contributed by atoms with van der Waals surface area (Å²) in [6, 6.07) is 5.65. The quantitative estimate of drug-likeness (QED) is 0.579. The Labute approximate surface area is 197 Å². The first-order valence-electron chi connectivity index (χ1n) is 11.0. The summed E-state index contributed by atoms with van der Waals surface area (Å²) in [6.45, 7) is 8.17. The summed E-state index contributed by atoms with van der Waals surface area (Å²) >= 11 is 0. The van der Waals surface area contributed by atoms with E-state index in [0.717, 1.165) is 9.91 Å². The third kappa shape index (κ3) is 5.68. The van der Waals surface area contributed by atoms with Crippen LogP contribution >= 0.6 is 0 Å². The average Bonchev–Trinajstić information content (AvgIpc) is 3.21. The summed E-state index contributed by atoms with van der Waals surface area (Å²) in [4.78, 5) is 39.4. The number of ether oxygens (including phenoxy) is 3. The molecule has 2 atom stereocenters. The molecule has 0 unspecified atom stereocenters. The second-order valence-corrected chi connectivity index (χ2v) is 10.3. The maximum atomic E-state index is 15.2. The van der Waals surface area contributed by atoms with Crippen LogP contribution < -0.4 is 0 Å². The minimum atomic E-state index is -3.52. The predicted molar refractivity (Wildman–Crippen MR) is 117 cm³/mol. The molecule has 2 saturated heterocycles. The predicted octanol–water partition coefficient (Wildman–Crippen LogP) is 4.41. The number of benzene rings is 1. The van der Waals surface area contributed by atoms with Crippen molar-refractivity contribution in [3.63, 3.8) is 0 Å². The number of hydrogen-bond donors (Lipinski definition) is 0. The van der Waals surface area contributed by atoms with Crippen LogP contribution in [0, 0.1) is 0 Å². The van der Waals surface area contributed by atoms with Crippen LogP contribution in [0.5, 0.6) is 0 Å². The molecule has 3 amide bonds. The number of amides is 3. The van der Waals surface area contributed by atoms with Crippen molar-refractivity contribution in [2.24, 2.45) is 0 Å². The van der Waals surface area contributed by atoms with Crippen molar-refractivity contribution in [1.82, 2.24) is 14.9 Å². The van der Waals surface area contributed by atoms with Gasteiger partial charge in [0.2, 0.25) is 0 Å². The van der Waals surface area contributed by atoms with Crippen LogP contribution in [-0.4, -0.2) is 75.5 Å². The highest BCUT2D eigenvalue weighted by atomic mass is 19.3. The zero-order valence-corrected chi connectivity index (χ0v) is 20.2. The van der Waals surface area contributed by atoms with Gasteiger partial charge in [-0.25, -0.2) is 33.2 Å². The number of nitrogens with zero attached hydrogens (tertiary/aromatic N) is 3. The van der Waals surface area contributed by atoms with Gasteiger partial charge in [-0.05, 0) is 47.1 Å². The second-order valence-electron chi connectivity index (χ2n) is 10.3. The highest BCUT2D eigenvalue weighted by Gasteiger charge is 2.66. The van der Waals surface area contributed by atoms with E-state index in [4.69, 9.17) is 14.2 Å². The Bertz CT molecular complexity index is 929. The lowest BCUT2D eigenvalue weighted by molar-refractivity contribution is -0.0963. The molecule has 2 fully saturated rings. The number of hydrazine groups is 1. The smallest absolute Gasteiger partial charge is 0.429 e. The Hall–Kier alpha value is -3.11. The first-order chi connectivity index (χ1) is 15.6. The minimum absolute atomic E-state index is 0.183. The van der Waals surface area contributed by atoms with Gasteiger partial charge in [0.15, 0.2) is 0 Å². The number of carbonyl (C=O) groups is 3. The van der Waals surface area contributed by atoms with Crippen LogP contribution in [0.25, 0.3) is 0 Å². The highest BCUT2D eigenvalue weighted by Crippen LogP contribution is 2.42. The summed E-state index contributed by atoms with van der Waals surface area (Å²) in [5, 5.41) is 1.35. The van der Waals surface area contributed by atoms with E-state index < -0.39 is 54.0 Å². The van der Waals surface area contributed by atoms with Crippen molar-refractivity contribution in [1.29, 1.82) is 0 Å². The molecule has 0 saturated carbocycles. The van der Waals surface area contributed by atoms with Gasteiger partial charge in [0.25, 0.3) is 5.92 Å². The second kappa shape index (κ2) is 8.92. The molecule has 0 aliphatic carbocycles. The highest BCUT2D eigenvalue weighted by molar-refractivity contribution is 5.77. The van der Waals surface area contributed by atoms with E-state index >= 15 is 8.78 Å². The molecule has 2 aliphatic heterocycles. The summed E-state index contributed by atoms with van der Waals surface area (Å²) in [7, 11) is 0. The molecular weight excluding hydrogens is 452 g/mol. The zero-order valence-electron chi connectivity index (χ0n) is 20.2. The lowest BCUT2D eigenvalue weighted by Crippen LogP contribution is -2.55. The molecule has 0 radical (unpaired) electrons. The van der Waals surface area contributed by atoms with E-state index in [1.54, 1.807) is 71.9 Å². The van der Waals surface area contributed by atoms with Gasteiger partial charge < -0.3 is 14.2 Å². The third-order valence-corrected chi connectivity index (χ3v) is 5.09. The molecule has 0 bridgehead atoms. The van der Waals surface area contributed by atoms with Gasteiger partial charge in [-0.3, -0.25) is 4.90 Å². The number of alkyl halides is 2. The Morgan fingerprint density at radius 3 is 2.06 bits per heavy atom. The topological polar surface area (TPSA) is 88.6 Å². The summed E-state index contributed by atoms with van der Waals surface area (Å²) in [5.74, 6) is -3.52. The largest absolute Gasteiger partial charge is 0.444 e. The molecule has 9 nitrogen and oxygen atoms in total. The molecule has 34 heavy (non-hydrogen) atoms. The maximum absolute atomic E-state index is 15.2. The standard InChI is InChI=1S/C23H31F2N3O6/c1-21(2,3)33-18(29)26-14-23(24,25)17-16(26)12-27(19(30)34-22(4,5)6)28(17)20(31)32-13-15-10-8-7-9-11-15/h7-11,16-17H,12-14H2,1-6H3/t16-,17+/m1/s1. The van der Waals surface area contributed by atoms with E-state index in [1.165, 1.54) is 0 Å². The van der Waals surface area contributed by atoms with Crippen LogP contribution in [0.3, 0.4) is 0 Å². The van der Waals surface area contributed by atoms with Gasteiger partial charge in [-0.15, -0.1) is 0 Å². The SMILES string of the molecule is CC(C)(C)OC(=O)N1CC(F)(F)[C@@H]2[C@H]1CN(C(=O)OC(C)(C)C)N2C(=O)OCc1ccccc1. The van der Waals surface area contributed by atoms with E-state index in [9.17, 15) is 14.4 Å². The first kappa shape index (κ1) is 25.5. The van der Waals surface area contributed by atoms with Crippen molar-refractivity contribution in [3.8, 4) is 0 Å². The van der Waals surface area contributed by atoms with E-state index in [-0.39, 0.29) is 13.2 Å². The number of rotatable bonds is 2. The molecule has 2 heterocycles. The van der Waals surface area contributed by atoms with Crippen molar-refractivity contribution >= 4 is 18.3 Å². The van der Waals surface area contributed by atoms with Crippen molar-refractivity contribution in [2.75, 3.05) is 13.1 Å². The molecule has 0 spiro atoms. The number of hydrogen-bond acceptors (Lipinski definition) is 6. The van der Waals surface area contributed by atoms with Gasteiger partial charge in [0.1, 0.15) is 23.9 Å². The van der Waals surface area contributed by atoms with E-state index in [2.05, 4.69) is 0 Å². The van der Waals surface area contributed by atoms with Gasteiger partial charge in [0.05, 0.1) is 19.1 Å². The lowest BCUT2D eigenvalue weighted by atomic mass is 10.1. The summed E-state index contributed by atoms with van der Waals surface area (Å²) < 4.78 is 46.3. The molecule has 188 valence electrons. The third-order valence-electron chi connectivity index (χ3n) is 5.09. The Morgan fingerprint density at radius 1 is 0.941 bits per heavy atom. The van der Waals surface area contributed by atoms with Crippen LogP contribution in [0.4, 0.5) is 23.2 Å². The summed E-state index contributed by atoms with van der Waals surface area (Å²) in [6.07, 6.45) is -3.10.